The van der Waals surface area contributed by atoms with E-state index in [1.807, 2.05) is 6.92 Å². The first-order chi connectivity index (χ1) is 19.1. The van der Waals surface area contributed by atoms with Crippen molar-refractivity contribution in [3.63, 3.8) is 0 Å². The zero-order valence-electron chi connectivity index (χ0n) is 23.7. The van der Waals surface area contributed by atoms with Crippen LogP contribution in [0.25, 0.3) is 10.8 Å². The second-order valence-corrected chi connectivity index (χ2v) is 11.0. The number of esters is 1. The lowest BCUT2D eigenvalue weighted by Gasteiger charge is -2.31. The number of ether oxygens (including phenoxy) is 1. The number of carbonyl (C=O) groups excluding carboxylic acids is 3. The van der Waals surface area contributed by atoms with Crippen molar-refractivity contribution in [1.82, 2.24) is 10.6 Å². The lowest BCUT2D eigenvalue weighted by Crippen LogP contribution is -2.55. The summed E-state index contributed by atoms with van der Waals surface area (Å²) < 4.78 is 5.22. The van der Waals surface area contributed by atoms with Crippen molar-refractivity contribution in [2.45, 2.75) is 103 Å². The van der Waals surface area contributed by atoms with Gasteiger partial charge in [0.25, 0.3) is 5.91 Å². The first-order valence-electron chi connectivity index (χ1n) is 14.4. The van der Waals surface area contributed by atoms with E-state index in [2.05, 4.69) is 10.6 Å². The summed E-state index contributed by atoms with van der Waals surface area (Å²) in [7, 11) is 0. The Kier molecular flexibility index (Phi) is 11.5. The molecule has 3 rings (SSSR count). The molecule has 0 radical (unpaired) electrons. The van der Waals surface area contributed by atoms with Gasteiger partial charge in [0.05, 0.1) is 23.3 Å². The number of nitrogens with one attached hydrogen (secondary N) is 2. The number of amides is 2. The van der Waals surface area contributed by atoms with E-state index in [1.54, 1.807) is 38.1 Å². The van der Waals surface area contributed by atoms with Gasteiger partial charge in [0, 0.05) is 0 Å². The number of hydrogen-bond acceptors (Lipinski definition) is 6. The molecular formula is C31H42N2O7. The summed E-state index contributed by atoms with van der Waals surface area (Å²) >= 11 is 0. The van der Waals surface area contributed by atoms with Crippen LogP contribution in [0.1, 0.15) is 99.3 Å². The molecule has 0 saturated heterocycles. The fraction of sp³-hybridized carbons (Fsp3) is 0.548. The number of fused-ring (bicyclic) bond motifs is 1. The predicted octanol–water partition coefficient (Wildman–Crippen LogP) is 4.59. The highest BCUT2D eigenvalue weighted by Gasteiger charge is 2.34. The topological polar surface area (TPSA) is 142 Å². The number of aromatic carboxylic acids is 1. The first kappa shape index (κ1) is 31.1. The molecule has 2 aromatic carbocycles. The van der Waals surface area contributed by atoms with Gasteiger partial charge < -0.3 is 25.6 Å². The van der Waals surface area contributed by atoms with Gasteiger partial charge in [-0.15, -0.1) is 0 Å². The fourth-order valence-corrected chi connectivity index (χ4v) is 5.32. The molecule has 218 valence electrons. The summed E-state index contributed by atoms with van der Waals surface area (Å²) in [5.41, 5.74) is -0.201. The third-order valence-corrected chi connectivity index (χ3v) is 7.44. The van der Waals surface area contributed by atoms with Crippen LogP contribution in [-0.4, -0.2) is 58.3 Å². The van der Waals surface area contributed by atoms with Crippen LogP contribution >= 0.6 is 0 Å². The maximum absolute atomic E-state index is 13.5. The summed E-state index contributed by atoms with van der Waals surface area (Å²) in [5.74, 6) is -3.00. The monoisotopic (exact) mass is 554 g/mol. The summed E-state index contributed by atoms with van der Waals surface area (Å²) in [6.07, 6.45) is 5.33. The highest BCUT2D eigenvalue weighted by Crippen LogP contribution is 2.28. The van der Waals surface area contributed by atoms with Crippen LogP contribution in [-0.2, 0) is 14.3 Å². The molecule has 0 spiro atoms. The summed E-state index contributed by atoms with van der Waals surface area (Å²) in [6.45, 7) is 5.34. The molecule has 2 aromatic rings. The largest absolute Gasteiger partial charge is 0.478 e. The molecular weight excluding hydrogens is 512 g/mol. The van der Waals surface area contributed by atoms with E-state index in [1.165, 1.54) is 12.1 Å². The molecule has 9 heteroatoms. The van der Waals surface area contributed by atoms with Crippen molar-refractivity contribution >= 4 is 34.5 Å². The number of benzene rings is 2. The van der Waals surface area contributed by atoms with Gasteiger partial charge in [-0.2, -0.15) is 0 Å². The van der Waals surface area contributed by atoms with E-state index in [-0.39, 0.29) is 17.0 Å². The van der Waals surface area contributed by atoms with E-state index in [9.17, 15) is 29.4 Å². The molecule has 40 heavy (non-hydrogen) atoms. The maximum atomic E-state index is 13.5. The van der Waals surface area contributed by atoms with Crippen LogP contribution in [0, 0.1) is 5.92 Å². The Labute approximate surface area is 235 Å². The Morgan fingerprint density at radius 2 is 1.60 bits per heavy atom. The minimum absolute atomic E-state index is 0.0419. The number of carbonyl (C=O) groups is 4. The average Bonchev–Trinajstić information content (AvgIpc) is 2.93. The third-order valence-electron chi connectivity index (χ3n) is 7.44. The Balaban J connectivity index is 1.84. The van der Waals surface area contributed by atoms with Crippen molar-refractivity contribution in [1.29, 1.82) is 0 Å². The van der Waals surface area contributed by atoms with E-state index < -0.39 is 48.0 Å². The van der Waals surface area contributed by atoms with Crippen LogP contribution in [0.15, 0.2) is 36.4 Å². The Morgan fingerprint density at radius 3 is 2.17 bits per heavy atom. The van der Waals surface area contributed by atoms with Crippen LogP contribution in [0.2, 0.25) is 0 Å². The number of aliphatic hydroxyl groups excluding tert-OH is 1. The second kappa shape index (κ2) is 14.8. The van der Waals surface area contributed by atoms with Gasteiger partial charge in [-0.1, -0.05) is 76.1 Å². The van der Waals surface area contributed by atoms with Crippen molar-refractivity contribution in [3.8, 4) is 0 Å². The third kappa shape index (κ3) is 8.52. The van der Waals surface area contributed by atoms with Crippen molar-refractivity contribution in [3.05, 3.63) is 47.5 Å². The molecule has 2 amide bonds. The molecule has 1 aliphatic rings. The number of carboxylic acid groups (broad SMARTS) is 1. The van der Waals surface area contributed by atoms with Crippen LogP contribution in [0.3, 0.4) is 0 Å². The molecule has 1 fully saturated rings. The molecule has 0 heterocycles. The van der Waals surface area contributed by atoms with E-state index in [0.29, 0.717) is 30.0 Å². The van der Waals surface area contributed by atoms with Gasteiger partial charge in [-0.3, -0.25) is 9.59 Å². The van der Waals surface area contributed by atoms with Crippen molar-refractivity contribution in [2.75, 3.05) is 0 Å². The minimum atomic E-state index is -1.55. The number of carboxylic acids is 1. The molecule has 1 saturated carbocycles. The number of hydrogen-bond donors (Lipinski definition) is 4. The zero-order chi connectivity index (χ0) is 29.2. The zero-order valence-corrected chi connectivity index (χ0v) is 23.7. The smallest absolute Gasteiger partial charge is 0.337 e. The first-order valence-corrected chi connectivity index (χ1v) is 14.4. The standard InChI is InChI=1S/C31H42N2O7/c1-4-5-15-25(32-28(35)23-17-21-13-9-10-14-22(21)18-24(23)30(37)38)29(36)33-26(16-20-11-7-6-8-12-20)27(34)31(39)40-19(2)3/h9-10,13-14,17-20,25-27,34H,4-8,11-12,15-16H2,1-3H3,(H,32,35)(H,33,36)(H,37,38)/t25-,26-,27?/m0/s1. The van der Waals surface area contributed by atoms with Gasteiger partial charge in [0.15, 0.2) is 6.10 Å². The molecule has 0 bridgehead atoms. The molecule has 0 aliphatic heterocycles. The maximum Gasteiger partial charge on any atom is 0.337 e. The number of rotatable bonds is 13. The molecule has 3 atom stereocenters. The Bertz CT molecular complexity index is 1190. The summed E-state index contributed by atoms with van der Waals surface area (Å²) in [5, 5.41) is 27.6. The quantitative estimate of drug-likeness (QED) is 0.265. The minimum Gasteiger partial charge on any atom is -0.478 e. The predicted molar refractivity (Wildman–Crippen MR) is 152 cm³/mol. The molecule has 0 aromatic heterocycles. The van der Waals surface area contributed by atoms with Crippen molar-refractivity contribution < 1.29 is 34.1 Å². The molecule has 1 aliphatic carbocycles. The van der Waals surface area contributed by atoms with Gasteiger partial charge in [0.2, 0.25) is 5.91 Å². The summed E-state index contributed by atoms with van der Waals surface area (Å²) in [4.78, 5) is 51.5. The SMILES string of the molecule is CCCC[C@H](NC(=O)c1cc2ccccc2cc1C(=O)O)C(=O)N[C@@H](CC1CCCCC1)C(O)C(=O)OC(C)C. The van der Waals surface area contributed by atoms with Crippen LogP contribution in [0.5, 0.6) is 0 Å². The normalized spacial score (nSPS) is 16.2. The fourth-order valence-electron chi connectivity index (χ4n) is 5.32. The lowest BCUT2D eigenvalue weighted by molar-refractivity contribution is -0.159. The van der Waals surface area contributed by atoms with Gasteiger partial charge in [-0.25, -0.2) is 9.59 Å². The lowest BCUT2D eigenvalue weighted by atomic mass is 9.83. The van der Waals surface area contributed by atoms with Crippen LogP contribution in [0.4, 0.5) is 0 Å². The van der Waals surface area contributed by atoms with Crippen LogP contribution < -0.4 is 10.6 Å². The molecule has 4 N–H and O–H groups in total. The number of aliphatic hydroxyl groups is 1. The van der Waals surface area contributed by atoms with Gasteiger partial charge in [-0.05, 0) is 55.5 Å². The van der Waals surface area contributed by atoms with E-state index in [4.69, 9.17) is 4.74 Å². The van der Waals surface area contributed by atoms with E-state index >= 15 is 0 Å². The summed E-state index contributed by atoms with van der Waals surface area (Å²) in [6, 6.07) is 8.24. The second-order valence-electron chi connectivity index (χ2n) is 11.0. The average molecular weight is 555 g/mol. The number of unbranched alkanes of at least 4 members (excludes halogenated alkanes) is 1. The highest BCUT2D eigenvalue weighted by atomic mass is 16.6. The highest BCUT2D eigenvalue weighted by molar-refractivity contribution is 6.09. The molecule has 1 unspecified atom stereocenters. The molecule has 9 nitrogen and oxygen atoms in total. The van der Waals surface area contributed by atoms with Gasteiger partial charge >= 0.3 is 11.9 Å². The Hall–Kier alpha value is -3.46. The van der Waals surface area contributed by atoms with Gasteiger partial charge in [0.1, 0.15) is 6.04 Å². The Morgan fingerprint density at radius 1 is 0.975 bits per heavy atom. The van der Waals surface area contributed by atoms with E-state index in [0.717, 1.165) is 38.5 Å². The van der Waals surface area contributed by atoms with Crippen molar-refractivity contribution in [2.24, 2.45) is 5.92 Å².